The van der Waals surface area contributed by atoms with Gasteiger partial charge in [-0.3, -0.25) is 4.98 Å². The smallest absolute Gasteiger partial charge is 0.0317 e. The van der Waals surface area contributed by atoms with E-state index >= 15 is 0 Å². The normalized spacial score (nSPS) is 10.2. The third-order valence-electron chi connectivity index (χ3n) is 2.08. The lowest BCUT2D eigenvalue weighted by Gasteiger charge is -2.05. The van der Waals surface area contributed by atoms with Crippen molar-refractivity contribution in [3.63, 3.8) is 0 Å². The maximum absolute atomic E-state index is 5.70. The zero-order valence-electron chi connectivity index (χ0n) is 8.47. The van der Waals surface area contributed by atoms with Gasteiger partial charge >= 0.3 is 0 Å². The van der Waals surface area contributed by atoms with Crippen LogP contribution in [0.2, 0.25) is 0 Å². The number of pyridine rings is 1. The van der Waals surface area contributed by atoms with Crippen LogP contribution >= 0.6 is 11.8 Å². The molecular weight excluding hydrogens is 204 g/mol. The van der Waals surface area contributed by atoms with Crippen LogP contribution < -0.4 is 5.73 Å². The van der Waals surface area contributed by atoms with Gasteiger partial charge in [-0.2, -0.15) is 0 Å². The van der Waals surface area contributed by atoms with Gasteiger partial charge in [0.1, 0.15) is 0 Å². The number of hydrogen-bond donors (Lipinski definition) is 1. The standard InChI is InChI=1S/C12H12N2S/c1-9-8-10(13)2-3-12(9)15-11-4-6-14-7-5-11/h2-8H,13H2,1H3. The summed E-state index contributed by atoms with van der Waals surface area (Å²) in [5.41, 5.74) is 7.72. The molecule has 0 fully saturated rings. The number of nitrogen functional groups attached to an aromatic ring is 1. The van der Waals surface area contributed by atoms with Crippen LogP contribution in [0.25, 0.3) is 0 Å². The molecule has 2 nitrogen and oxygen atoms in total. The van der Waals surface area contributed by atoms with Crippen molar-refractivity contribution in [2.24, 2.45) is 0 Å². The molecule has 1 aromatic carbocycles. The predicted octanol–water partition coefficient (Wildman–Crippen LogP) is 3.12. The molecule has 0 saturated carbocycles. The maximum Gasteiger partial charge on any atom is 0.0317 e. The summed E-state index contributed by atoms with van der Waals surface area (Å²) < 4.78 is 0. The lowest BCUT2D eigenvalue weighted by molar-refractivity contribution is 1.25. The summed E-state index contributed by atoms with van der Waals surface area (Å²) in [6.07, 6.45) is 3.60. The lowest BCUT2D eigenvalue weighted by Crippen LogP contribution is -1.87. The summed E-state index contributed by atoms with van der Waals surface area (Å²) in [6, 6.07) is 9.97. The summed E-state index contributed by atoms with van der Waals surface area (Å²) in [5, 5.41) is 0. The van der Waals surface area contributed by atoms with E-state index in [0.29, 0.717) is 0 Å². The van der Waals surface area contributed by atoms with Gasteiger partial charge in [0.2, 0.25) is 0 Å². The van der Waals surface area contributed by atoms with E-state index in [9.17, 15) is 0 Å². The van der Waals surface area contributed by atoms with Crippen molar-refractivity contribution in [3.8, 4) is 0 Å². The second-order valence-electron chi connectivity index (χ2n) is 3.31. The van der Waals surface area contributed by atoms with Crippen LogP contribution in [0.15, 0.2) is 52.5 Å². The summed E-state index contributed by atoms with van der Waals surface area (Å²) >= 11 is 1.73. The molecule has 2 N–H and O–H groups in total. The van der Waals surface area contributed by atoms with Crippen molar-refractivity contribution in [1.29, 1.82) is 0 Å². The highest BCUT2D eigenvalue weighted by Crippen LogP contribution is 2.30. The highest BCUT2D eigenvalue weighted by molar-refractivity contribution is 7.99. The maximum atomic E-state index is 5.70. The van der Waals surface area contributed by atoms with Gasteiger partial charge in [-0.05, 0) is 42.8 Å². The van der Waals surface area contributed by atoms with Crippen molar-refractivity contribution < 1.29 is 0 Å². The lowest BCUT2D eigenvalue weighted by atomic mass is 10.2. The third kappa shape index (κ3) is 2.50. The Morgan fingerprint density at radius 2 is 1.87 bits per heavy atom. The molecule has 0 bridgehead atoms. The molecule has 0 atom stereocenters. The van der Waals surface area contributed by atoms with Gasteiger partial charge in [0, 0.05) is 27.9 Å². The van der Waals surface area contributed by atoms with Gasteiger partial charge in [-0.1, -0.05) is 11.8 Å². The second kappa shape index (κ2) is 4.36. The van der Waals surface area contributed by atoms with Gasteiger partial charge in [0.15, 0.2) is 0 Å². The fourth-order valence-corrected chi connectivity index (χ4v) is 2.19. The molecule has 15 heavy (non-hydrogen) atoms. The van der Waals surface area contributed by atoms with Crippen LogP contribution in [0, 0.1) is 6.92 Å². The topological polar surface area (TPSA) is 38.9 Å². The Hall–Kier alpha value is -1.48. The Labute approximate surface area is 93.5 Å². The molecule has 2 aromatic rings. The van der Waals surface area contributed by atoms with E-state index in [-0.39, 0.29) is 0 Å². The first-order valence-electron chi connectivity index (χ1n) is 4.70. The van der Waals surface area contributed by atoms with Crippen LogP contribution in [0.3, 0.4) is 0 Å². The van der Waals surface area contributed by atoms with Gasteiger partial charge in [-0.15, -0.1) is 0 Å². The summed E-state index contributed by atoms with van der Waals surface area (Å²) in [5.74, 6) is 0. The zero-order valence-corrected chi connectivity index (χ0v) is 9.29. The molecular formula is C12H12N2S. The molecule has 3 heteroatoms. The second-order valence-corrected chi connectivity index (χ2v) is 4.43. The molecule has 1 heterocycles. The molecule has 2 rings (SSSR count). The predicted molar refractivity (Wildman–Crippen MR) is 64.0 cm³/mol. The number of aryl methyl sites for hydroxylation is 1. The average Bonchev–Trinajstić information content (AvgIpc) is 2.24. The van der Waals surface area contributed by atoms with E-state index in [0.717, 1.165) is 5.69 Å². The van der Waals surface area contributed by atoms with Crippen LogP contribution in [-0.4, -0.2) is 4.98 Å². The van der Waals surface area contributed by atoms with Crippen molar-refractivity contribution >= 4 is 17.4 Å². The summed E-state index contributed by atoms with van der Waals surface area (Å²) in [4.78, 5) is 6.41. The quantitative estimate of drug-likeness (QED) is 0.784. The minimum atomic E-state index is 0.812. The number of benzene rings is 1. The molecule has 0 radical (unpaired) electrons. The molecule has 0 spiro atoms. The Morgan fingerprint density at radius 3 is 2.53 bits per heavy atom. The monoisotopic (exact) mass is 216 g/mol. The molecule has 0 aliphatic carbocycles. The highest BCUT2D eigenvalue weighted by Gasteiger charge is 2.00. The van der Waals surface area contributed by atoms with E-state index in [4.69, 9.17) is 5.73 Å². The Bertz CT molecular complexity index is 454. The van der Waals surface area contributed by atoms with E-state index in [1.54, 1.807) is 24.2 Å². The third-order valence-corrected chi connectivity index (χ3v) is 3.26. The van der Waals surface area contributed by atoms with Gasteiger partial charge in [-0.25, -0.2) is 0 Å². The summed E-state index contributed by atoms with van der Waals surface area (Å²) in [7, 11) is 0. The van der Waals surface area contributed by atoms with Gasteiger partial charge in [0.05, 0.1) is 0 Å². The first-order chi connectivity index (χ1) is 7.25. The van der Waals surface area contributed by atoms with Crippen LogP contribution in [0.4, 0.5) is 5.69 Å². The number of anilines is 1. The van der Waals surface area contributed by atoms with Gasteiger partial charge in [0.25, 0.3) is 0 Å². The Kier molecular flexibility index (Phi) is 2.92. The molecule has 76 valence electrons. The number of rotatable bonds is 2. The molecule has 0 unspecified atom stereocenters. The SMILES string of the molecule is Cc1cc(N)ccc1Sc1ccncc1. The zero-order chi connectivity index (χ0) is 10.7. The fourth-order valence-electron chi connectivity index (χ4n) is 1.32. The first kappa shape index (κ1) is 10.1. The molecule has 0 amide bonds. The van der Waals surface area contributed by atoms with Crippen LogP contribution in [0.1, 0.15) is 5.56 Å². The van der Waals surface area contributed by atoms with E-state index < -0.39 is 0 Å². The van der Waals surface area contributed by atoms with E-state index in [1.807, 2.05) is 24.3 Å². The van der Waals surface area contributed by atoms with Crippen molar-refractivity contribution in [2.75, 3.05) is 5.73 Å². The van der Waals surface area contributed by atoms with Crippen molar-refractivity contribution in [1.82, 2.24) is 4.98 Å². The molecule has 1 aromatic heterocycles. The minimum absolute atomic E-state index is 0.812. The summed E-state index contributed by atoms with van der Waals surface area (Å²) in [6.45, 7) is 2.07. The van der Waals surface area contributed by atoms with Crippen molar-refractivity contribution in [3.05, 3.63) is 48.3 Å². The highest BCUT2D eigenvalue weighted by atomic mass is 32.2. The average molecular weight is 216 g/mol. The fraction of sp³-hybridized carbons (Fsp3) is 0.0833. The number of hydrogen-bond acceptors (Lipinski definition) is 3. The van der Waals surface area contributed by atoms with E-state index in [1.165, 1.54) is 15.4 Å². The molecule has 0 aliphatic rings. The van der Waals surface area contributed by atoms with Crippen LogP contribution in [0.5, 0.6) is 0 Å². The van der Waals surface area contributed by atoms with Gasteiger partial charge < -0.3 is 5.73 Å². The Morgan fingerprint density at radius 1 is 1.13 bits per heavy atom. The number of nitrogens with zero attached hydrogens (tertiary/aromatic N) is 1. The molecule has 0 saturated heterocycles. The largest absolute Gasteiger partial charge is 0.399 e. The first-order valence-corrected chi connectivity index (χ1v) is 5.51. The van der Waals surface area contributed by atoms with E-state index in [2.05, 4.69) is 18.0 Å². The molecule has 0 aliphatic heterocycles. The van der Waals surface area contributed by atoms with Crippen LogP contribution in [-0.2, 0) is 0 Å². The minimum Gasteiger partial charge on any atom is -0.399 e. The number of nitrogens with two attached hydrogens (primary N) is 1. The van der Waals surface area contributed by atoms with Crippen molar-refractivity contribution in [2.45, 2.75) is 16.7 Å². The Balaban J connectivity index is 2.25. The number of aromatic nitrogens is 1.